The number of fused-ring (bicyclic) bond motifs is 1. The van der Waals surface area contributed by atoms with Crippen LogP contribution in [0.2, 0.25) is 5.02 Å². The zero-order chi connectivity index (χ0) is 18.8. The zero-order valence-corrected chi connectivity index (χ0v) is 16.0. The lowest BCUT2D eigenvalue weighted by Gasteiger charge is -2.10. The number of benzene rings is 1. The van der Waals surface area contributed by atoms with Crippen molar-refractivity contribution in [3.63, 3.8) is 0 Å². The van der Waals surface area contributed by atoms with Gasteiger partial charge in [0.05, 0.1) is 6.54 Å². The maximum absolute atomic E-state index is 13.0. The van der Waals surface area contributed by atoms with Crippen LogP contribution in [-0.4, -0.2) is 36.7 Å². The molecule has 0 aliphatic heterocycles. The lowest BCUT2D eigenvalue weighted by atomic mass is 10.2. The Bertz CT molecular complexity index is 1050. The summed E-state index contributed by atoms with van der Waals surface area (Å²) in [6.45, 7) is 0.518. The predicted molar refractivity (Wildman–Crippen MR) is 103 cm³/mol. The first-order valence-electron chi connectivity index (χ1n) is 8.07. The number of aliphatic hydroxyl groups excluding tert-OH is 1. The third-order valence-corrected chi connectivity index (χ3v) is 5.10. The first-order valence-corrected chi connectivity index (χ1v) is 9.67. The number of thioether (sulfide) groups is 1. The summed E-state index contributed by atoms with van der Waals surface area (Å²) in [7, 11) is 1.60. The highest BCUT2D eigenvalue weighted by molar-refractivity contribution is 7.98. The number of aliphatic hydroxyl groups is 1. The van der Waals surface area contributed by atoms with Crippen LogP contribution in [-0.2, 0) is 20.1 Å². The molecule has 0 fully saturated rings. The number of hydrogen-bond acceptors (Lipinski definition) is 5. The second-order valence-electron chi connectivity index (χ2n) is 5.86. The van der Waals surface area contributed by atoms with E-state index in [1.165, 1.54) is 16.3 Å². The van der Waals surface area contributed by atoms with Crippen molar-refractivity contribution in [2.45, 2.75) is 24.7 Å². The second kappa shape index (κ2) is 7.69. The van der Waals surface area contributed by atoms with E-state index in [9.17, 15) is 9.59 Å². The molecule has 26 heavy (non-hydrogen) atoms. The van der Waals surface area contributed by atoms with Crippen molar-refractivity contribution in [1.29, 1.82) is 0 Å². The summed E-state index contributed by atoms with van der Waals surface area (Å²) in [6, 6.07) is 7.38. The fourth-order valence-corrected chi connectivity index (χ4v) is 3.53. The van der Waals surface area contributed by atoms with Crippen LogP contribution in [0.15, 0.2) is 39.0 Å². The van der Waals surface area contributed by atoms with Crippen LogP contribution in [0.5, 0.6) is 0 Å². The molecule has 9 heteroatoms. The molecule has 7 nitrogen and oxygen atoms in total. The molecule has 2 heterocycles. The Morgan fingerprint density at radius 2 is 1.88 bits per heavy atom. The summed E-state index contributed by atoms with van der Waals surface area (Å²) in [5.41, 5.74) is 0.889. The minimum atomic E-state index is -0.431. The van der Waals surface area contributed by atoms with Crippen molar-refractivity contribution < 1.29 is 5.11 Å². The van der Waals surface area contributed by atoms with Gasteiger partial charge >= 0.3 is 5.69 Å². The molecule has 3 aromatic rings. The Labute approximate surface area is 158 Å². The van der Waals surface area contributed by atoms with Gasteiger partial charge in [-0.3, -0.25) is 13.9 Å². The van der Waals surface area contributed by atoms with Gasteiger partial charge in [0, 0.05) is 25.2 Å². The number of halogens is 1. The van der Waals surface area contributed by atoms with Gasteiger partial charge in [-0.05, 0) is 30.4 Å². The minimum absolute atomic E-state index is 0.0896. The topological polar surface area (TPSA) is 82.1 Å². The summed E-state index contributed by atoms with van der Waals surface area (Å²) < 4.78 is 4.36. The van der Waals surface area contributed by atoms with E-state index in [0.717, 1.165) is 10.1 Å². The molecular weight excluding hydrogens is 376 g/mol. The quantitative estimate of drug-likeness (QED) is 0.643. The van der Waals surface area contributed by atoms with Gasteiger partial charge in [0.2, 0.25) is 0 Å². The molecule has 138 valence electrons. The summed E-state index contributed by atoms with van der Waals surface area (Å²) in [6.07, 6.45) is 2.21. The fraction of sp³-hybridized carbons (Fsp3) is 0.353. The lowest BCUT2D eigenvalue weighted by molar-refractivity contribution is 0.277. The Morgan fingerprint density at radius 1 is 1.19 bits per heavy atom. The molecule has 0 amide bonds. The van der Waals surface area contributed by atoms with Gasteiger partial charge in [0.25, 0.3) is 5.56 Å². The number of rotatable bonds is 6. The Balaban J connectivity index is 2.24. The van der Waals surface area contributed by atoms with E-state index in [1.54, 1.807) is 19.2 Å². The van der Waals surface area contributed by atoms with Crippen LogP contribution in [0.1, 0.15) is 12.0 Å². The van der Waals surface area contributed by atoms with Crippen molar-refractivity contribution >= 4 is 34.5 Å². The summed E-state index contributed by atoms with van der Waals surface area (Å²) in [5, 5.41) is 10.3. The third-order valence-electron chi connectivity index (χ3n) is 4.17. The summed E-state index contributed by atoms with van der Waals surface area (Å²) in [5.74, 6) is 0. The van der Waals surface area contributed by atoms with Crippen molar-refractivity contribution in [2.75, 3.05) is 12.9 Å². The number of aromatic nitrogens is 4. The zero-order valence-electron chi connectivity index (χ0n) is 14.5. The highest BCUT2D eigenvalue weighted by Gasteiger charge is 2.20. The third kappa shape index (κ3) is 3.32. The largest absolute Gasteiger partial charge is 0.396 e. The molecule has 0 bridgehead atoms. The number of imidazole rings is 1. The molecular formula is C17H19ClN4O3S. The molecule has 0 saturated carbocycles. The van der Waals surface area contributed by atoms with E-state index in [2.05, 4.69) is 4.98 Å². The van der Waals surface area contributed by atoms with Gasteiger partial charge in [-0.25, -0.2) is 9.78 Å². The molecule has 0 unspecified atom stereocenters. The van der Waals surface area contributed by atoms with Crippen LogP contribution in [0.3, 0.4) is 0 Å². The van der Waals surface area contributed by atoms with Crippen LogP contribution < -0.4 is 11.2 Å². The van der Waals surface area contributed by atoms with Crippen LogP contribution >= 0.6 is 23.4 Å². The van der Waals surface area contributed by atoms with E-state index in [0.29, 0.717) is 34.3 Å². The molecule has 0 saturated heterocycles. The highest BCUT2D eigenvalue weighted by atomic mass is 35.5. The first kappa shape index (κ1) is 18.8. The van der Waals surface area contributed by atoms with E-state index in [1.807, 2.05) is 23.0 Å². The Kier molecular flexibility index (Phi) is 5.55. The Hall–Kier alpha value is -2.03. The van der Waals surface area contributed by atoms with Crippen molar-refractivity contribution in [2.24, 2.45) is 7.05 Å². The normalized spacial score (nSPS) is 11.4. The van der Waals surface area contributed by atoms with Gasteiger partial charge in [0.1, 0.15) is 0 Å². The van der Waals surface area contributed by atoms with Gasteiger partial charge in [0.15, 0.2) is 16.3 Å². The Morgan fingerprint density at radius 3 is 2.50 bits per heavy atom. The second-order valence-corrected chi connectivity index (χ2v) is 7.07. The van der Waals surface area contributed by atoms with E-state index >= 15 is 0 Å². The molecule has 0 aliphatic rings. The molecule has 1 aromatic carbocycles. The van der Waals surface area contributed by atoms with Crippen molar-refractivity contribution in [1.82, 2.24) is 18.7 Å². The smallest absolute Gasteiger partial charge is 0.332 e. The summed E-state index contributed by atoms with van der Waals surface area (Å²) in [4.78, 5) is 30.0. The van der Waals surface area contributed by atoms with Crippen LogP contribution in [0.25, 0.3) is 11.2 Å². The number of nitrogens with zero attached hydrogens (tertiary/aromatic N) is 4. The number of hydrogen-bond donors (Lipinski definition) is 1. The van der Waals surface area contributed by atoms with Gasteiger partial charge in [-0.15, -0.1) is 0 Å². The minimum Gasteiger partial charge on any atom is -0.396 e. The maximum atomic E-state index is 13.0. The molecule has 0 spiro atoms. The van der Waals surface area contributed by atoms with Gasteiger partial charge in [-0.1, -0.05) is 35.5 Å². The summed E-state index contributed by atoms with van der Waals surface area (Å²) >= 11 is 7.36. The molecule has 3 rings (SSSR count). The van der Waals surface area contributed by atoms with E-state index < -0.39 is 11.2 Å². The molecule has 2 aromatic heterocycles. The van der Waals surface area contributed by atoms with Crippen molar-refractivity contribution in [3.05, 3.63) is 55.7 Å². The van der Waals surface area contributed by atoms with Crippen molar-refractivity contribution in [3.8, 4) is 0 Å². The van der Waals surface area contributed by atoms with E-state index in [-0.39, 0.29) is 13.2 Å². The molecule has 0 radical (unpaired) electrons. The standard InChI is InChI=1S/C17H19ClN4O3S/c1-20-14-13(15(24)21(17(20)25)8-3-9-23)22(16(19-14)26-2)10-11-4-6-12(18)7-5-11/h4-7,23H,3,8-10H2,1-2H3. The molecule has 0 aliphatic carbocycles. The fourth-order valence-electron chi connectivity index (χ4n) is 2.85. The monoisotopic (exact) mass is 394 g/mol. The molecule has 0 atom stereocenters. The number of aryl methyl sites for hydroxylation is 1. The van der Waals surface area contributed by atoms with Gasteiger partial charge in [-0.2, -0.15) is 0 Å². The lowest BCUT2D eigenvalue weighted by Crippen LogP contribution is -2.39. The first-order chi connectivity index (χ1) is 12.5. The van der Waals surface area contributed by atoms with Crippen LogP contribution in [0.4, 0.5) is 0 Å². The SMILES string of the molecule is CSc1nc2c(c(=O)n(CCCO)c(=O)n2C)n1Cc1ccc(Cl)cc1. The average molecular weight is 395 g/mol. The maximum Gasteiger partial charge on any atom is 0.332 e. The predicted octanol–water partition coefficient (Wildman–Crippen LogP) is 1.70. The highest BCUT2D eigenvalue weighted by Crippen LogP contribution is 2.21. The van der Waals surface area contributed by atoms with Gasteiger partial charge < -0.3 is 9.67 Å². The van der Waals surface area contributed by atoms with Crippen LogP contribution in [0, 0.1) is 0 Å². The average Bonchev–Trinajstić information content (AvgIpc) is 3.00. The molecule has 1 N–H and O–H groups in total. The van der Waals surface area contributed by atoms with E-state index in [4.69, 9.17) is 16.7 Å².